The molecule has 0 aliphatic carbocycles. The highest BCUT2D eigenvalue weighted by molar-refractivity contribution is 8.00. The van der Waals surface area contributed by atoms with E-state index in [1.807, 2.05) is 0 Å². The summed E-state index contributed by atoms with van der Waals surface area (Å²) in [7, 11) is -2.95. The number of benzene rings is 1. The maximum atomic E-state index is 11.5. The number of hydrogen-bond donors (Lipinski definition) is 1. The lowest BCUT2D eigenvalue weighted by Crippen LogP contribution is -2.18. The van der Waals surface area contributed by atoms with Gasteiger partial charge in [-0.1, -0.05) is 0 Å². The minimum Gasteiger partial charge on any atom is -0.508 e. The van der Waals surface area contributed by atoms with Gasteiger partial charge in [0.15, 0.2) is 9.84 Å². The summed E-state index contributed by atoms with van der Waals surface area (Å²) in [6.07, 6.45) is 0. The Morgan fingerprint density at radius 3 is 2.31 bits per heavy atom. The fourth-order valence-electron chi connectivity index (χ4n) is 1.05. The van der Waals surface area contributed by atoms with E-state index in [-0.39, 0.29) is 16.8 Å². The van der Waals surface area contributed by atoms with Crippen LogP contribution in [0.2, 0.25) is 0 Å². The van der Waals surface area contributed by atoms with Gasteiger partial charge >= 0.3 is 0 Å². The Morgan fingerprint density at radius 2 is 1.81 bits per heavy atom. The van der Waals surface area contributed by atoms with Gasteiger partial charge in [0.2, 0.25) is 0 Å². The zero-order valence-electron chi connectivity index (χ0n) is 9.38. The van der Waals surface area contributed by atoms with Gasteiger partial charge in [0.25, 0.3) is 0 Å². The van der Waals surface area contributed by atoms with Crippen LogP contribution in [-0.2, 0) is 9.84 Å². The summed E-state index contributed by atoms with van der Waals surface area (Å²) < 4.78 is 23.0. The summed E-state index contributed by atoms with van der Waals surface area (Å²) in [6, 6.07) is 6.75. The van der Waals surface area contributed by atoms with Crippen LogP contribution >= 0.6 is 11.8 Å². The molecule has 16 heavy (non-hydrogen) atoms. The first kappa shape index (κ1) is 13.4. The maximum absolute atomic E-state index is 11.5. The molecule has 0 atom stereocenters. The van der Waals surface area contributed by atoms with Crippen molar-refractivity contribution in [1.82, 2.24) is 0 Å². The minimum absolute atomic E-state index is 0.191. The van der Waals surface area contributed by atoms with Crippen molar-refractivity contribution in [2.24, 2.45) is 0 Å². The molecule has 0 saturated carbocycles. The first-order chi connectivity index (χ1) is 7.42. The molecule has 1 N–H and O–H groups in total. The molecule has 0 aliphatic heterocycles. The number of thioether (sulfide) groups is 1. The fourth-order valence-corrected chi connectivity index (χ4v) is 3.35. The number of aromatic hydroxyl groups is 1. The van der Waals surface area contributed by atoms with Crippen LogP contribution < -0.4 is 0 Å². The van der Waals surface area contributed by atoms with E-state index in [2.05, 4.69) is 0 Å². The fraction of sp³-hybridized carbons (Fsp3) is 0.455. The van der Waals surface area contributed by atoms with E-state index < -0.39 is 9.84 Å². The molecule has 90 valence electrons. The molecule has 0 saturated heterocycles. The highest BCUT2D eigenvalue weighted by atomic mass is 32.2. The molecule has 0 spiro atoms. The zero-order chi connectivity index (χ0) is 12.2. The molecular weight excluding hydrogens is 244 g/mol. The van der Waals surface area contributed by atoms with E-state index in [1.54, 1.807) is 38.1 Å². The second-order valence-corrected chi connectivity index (χ2v) is 7.60. The van der Waals surface area contributed by atoms with Crippen molar-refractivity contribution in [3.05, 3.63) is 24.3 Å². The summed E-state index contributed by atoms with van der Waals surface area (Å²) in [5.74, 6) is 0.959. The third-order valence-corrected chi connectivity index (χ3v) is 5.67. The van der Waals surface area contributed by atoms with Gasteiger partial charge in [-0.05, 0) is 38.1 Å². The number of phenols is 1. The topological polar surface area (TPSA) is 54.4 Å². The predicted octanol–water partition coefficient (Wildman–Crippen LogP) is 2.31. The Labute approximate surface area is 101 Å². The number of rotatable bonds is 5. The summed E-state index contributed by atoms with van der Waals surface area (Å²) in [4.78, 5) is 0.969. The van der Waals surface area contributed by atoms with Gasteiger partial charge < -0.3 is 5.11 Å². The number of sulfone groups is 1. The second-order valence-electron chi connectivity index (χ2n) is 3.76. The average molecular weight is 260 g/mol. The van der Waals surface area contributed by atoms with Crippen molar-refractivity contribution in [2.45, 2.75) is 24.0 Å². The lowest BCUT2D eigenvalue weighted by Gasteiger charge is -2.07. The van der Waals surface area contributed by atoms with E-state index in [4.69, 9.17) is 5.11 Å². The zero-order valence-corrected chi connectivity index (χ0v) is 11.0. The van der Waals surface area contributed by atoms with Crippen LogP contribution in [0.1, 0.15) is 13.8 Å². The molecule has 1 aromatic carbocycles. The second kappa shape index (κ2) is 5.59. The first-order valence-electron chi connectivity index (χ1n) is 5.05. The SMILES string of the molecule is CC(C)S(=O)(=O)CCSc1ccc(O)cc1. The molecule has 0 heterocycles. The molecular formula is C11H16O3S2. The van der Waals surface area contributed by atoms with Crippen molar-refractivity contribution in [3.63, 3.8) is 0 Å². The molecule has 0 bridgehead atoms. The van der Waals surface area contributed by atoms with Gasteiger partial charge in [-0.15, -0.1) is 11.8 Å². The van der Waals surface area contributed by atoms with E-state index >= 15 is 0 Å². The molecule has 3 nitrogen and oxygen atoms in total. The van der Waals surface area contributed by atoms with Crippen LogP contribution in [0.4, 0.5) is 0 Å². The van der Waals surface area contributed by atoms with Crippen LogP contribution in [0, 0.1) is 0 Å². The van der Waals surface area contributed by atoms with Gasteiger partial charge in [0.05, 0.1) is 11.0 Å². The molecule has 0 amide bonds. The van der Waals surface area contributed by atoms with Gasteiger partial charge in [-0.25, -0.2) is 8.42 Å². The summed E-state index contributed by atoms with van der Waals surface area (Å²) in [5, 5.41) is 8.77. The molecule has 0 aromatic heterocycles. The van der Waals surface area contributed by atoms with Crippen LogP contribution in [0.5, 0.6) is 5.75 Å². The predicted molar refractivity (Wildman–Crippen MR) is 67.8 cm³/mol. The first-order valence-corrected chi connectivity index (χ1v) is 7.75. The molecule has 0 aliphatic rings. The summed E-state index contributed by atoms with van der Waals surface area (Å²) >= 11 is 1.48. The Hall–Kier alpha value is -0.680. The Kier molecular flexibility index (Phi) is 4.68. The van der Waals surface area contributed by atoms with E-state index in [0.29, 0.717) is 5.75 Å². The third-order valence-electron chi connectivity index (χ3n) is 2.19. The van der Waals surface area contributed by atoms with Crippen LogP contribution in [0.15, 0.2) is 29.2 Å². The van der Waals surface area contributed by atoms with Crippen molar-refractivity contribution in [1.29, 1.82) is 0 Å². The van der Waals surface area contributed by atoms with Crippen molar-refractivity contribution >= 4 is 21.6 Å². The smallest absolute Gasteiger partial charge is 0.153 e. The van der Waals surface area contributed by atoms with Crippen LogP contribution in [0.25, 0.3) is 0 Å². The molecule has 5 heteroatoms. The van der Waals surface area contributed by atoms with Crippen LogP contribution in [-0.4, -0.2) is 30.3 Å². The Bertz CT molecular complexity index is 421. The maximum Gasteiger partial charge on any atom is 0.153 e. The largest absolute Gasteiger partial charge is 0.508 e. The van der Waals surface area contributed by atoms with Gasteiger partial charge in [0, 0.05) is 10.6 Å². The molecule has 0 radical (unpaired) electrons. The Balaban J connectivity index is 2.45. The quantitative estimate of drug-likeness (QED) is 0.825. The van der Waals surface area contributed by atoms with Crippen LogP contribution in [0.3, 0.4) is 0 Å². The highest BCUT2D eigenvalue weighted by Gasteiger charge is 2.15. The molecule has 0 fully saturated rings. The third kappa shape index (κ3) is 4.06. The number of phenolic OH excluding ortho intramolecular Hbond substituents is 1. The van der Waals surface area contributed by atoms with Crippen molar-refractivity contribution in [2.75, 3.05) is 11.5 Å². The highest BCUT2D eigenvalue weighted by Crippen LogP contribution is 2.21. The monoisotopic (exact) mass is 260 g/mol. The molecule has 0 unspecified atom stereocenters. The lowest BCUT2D eigenvalue weighted by molar-refractivity contribution is 0.475. The van der Waals surface area contributed by atoms with Crippen molar-refractivity contribution < 1.29 is 13.5 Å². The van der Waals surface area contributed by atoms with E-state index in [1.165, 1.54) is 11.8 Å². The van der Waals surface area contributed by atoms with Gasteiger partial charge in [0.1, 0.15) is 5.75 Å². The van der Waals surface area contributed by atoms with Crippen molar-refractivity contribution in [3.8, 4) is 5.75 Å². The molecule has 1 aromatic rings. The normalized spacial score (nSPS) is 11.9. The van der Waals surface area contributed by atoms with E-state index in [0.717, 1.165) is 4.90 Å². The standard InChI is InChI=1S/C11H16O3S2/c1-9(2)16(13,14)8-7-15-11-5-3-10(12)4-6-11/h3-6,9,12H,7-8H2,1-2H3. The minimum atomic E-state index is -2.95. The lowest BCUT2D eigenvalue weighted by atomic mass is 10.3. The van der Waals surface area contributed by atoms with E-state index in [9.17, 15) is 8.42 Å². The molecule has 1 rings (SSSR count). The summed E-state index contributed by atoms with van der Waals surface area (Å²) in [6.45, 7) is 3.39. The van der Waals surface area contributed by atoms with Gasteiger partial charge in [-0.3, -0.25) is 0 Å². The average Bonchev–Trinajstić information content (AvgIpc) is 2.20. The van der Waals surface area contributed by atoms with Gasteiger partial charge in [-0.2, -0.15) is 0 Å². The number of hydrogen-bond acceptors (Lipinski definition) is 4. The summed E-state index contributed by atoms with van der Waals surface area (Å²) in [5.41, 5.74) is 0. The Morgan fingerprint density at radius 1 is 1.25 bits per heavy atom.